The van der Waals surface area contributed by atoms with Crippen LogP contribution in [-0.4, -0.2) is 54.4 Å². The summed E-state index contributed by atoms with van der Waals surface area (Å²) in [5.41, 5.74) is -0.651. The third-order valence-electron chi connectivity index (χ3n) is 5.16. The lowest BCUT2D eigenvalue weighted by Gasteiger charge is -2.38. The Morgan fingerprint density at radius 2 is 2.10 bits per heavy atom. The van der Waals surface area contributed by atoms with Crippen LogP contribution < -0.4 is 5.32 Å². The van der Waals surface area contributed by atoms with Crippen molar-refractivity contribution in [2.45, 2.75) is 45.6 Å². The molecule has 2 saturated heterocycles. The summed E-state index contributed by atoms with van der Waals surface area (Å²) in [6.45, 7) is 6.42. The van der Waals surface area contributed by atoms with E-state index in [1.807, 2.05) is 13.8 Å². The number of piperidine rings is 1. The number of hydrogen-bond donors (Lipinski definition) is 2. The van der Waals surface area contributed by atoms with Crippen LogP contribution in [0.5, 0.6) is 0 Å². The second-order valence-corrected chi connectivity index (χ2v) is 6.29. The zero-order valence-corrected chi connectivity index (χ0v) is 12.9. The summed E-state index contributed by atoms with van der Waals surface area (Å²) in [6, 6.07) is 0.0156. The Kier molecular flexibility index (Phi) is 5.08. The highest BCUT2D eigenvalue weighted by Gasteiger charge is 2.41. The molecular weight excluding hydrogens is 272 g/mol. The molecule has 2 rings (SSSR count). The maximum absolute atomic E-state index is 12.3. The first-order chi connectivity index (χ1) is 9.98. The van der Waals surface area contributed by atoms with E-state index in [1.165, 1.54) is 0 Å². The molecule has 6 nitrogen and oxygen atoms in total. The number of hydrogen-bond acceptors (Lipinski definition) is 3. The molecule has 2 N–H and O–H groups in total. The molecule has 21 heavy (non-hydrogen) atoms. The van der Waals surface area contributed by atoms with Gasteiger partial charge in [-0.3, -0.25) is 4.79 Å². The number of urea groups is 1. The van der Waals surface area contributed by atoms with Crippen LogP contribution in [0.2, 0.25) is 0 Å². The Labute approximate surface area is 125 Å². The summed E-state index contributed by atoms with van der Waals surface area (Å²) < 4.78 is 5.34. The Bertz CT molecular complexity index is 385. The Hall–Kier alpha value is -1.30. The number of nitrogens with zero attached hydrogens (tertiary/aromatic N) is 1. The molecule has 0 radical (unpaired) electrons. The number of carboxylic acids is 1. The van der Waals surface area contributed by atoms with Crippen molar-refractivity contribution in [2.24, 2.45) is 11.3 Å². The number of aliphatic carboxylic acids is 1. The number of carboxylic acid groups (broad SMARTS) is 1. The van der Waals surface area contributed by atoms with Gasteiger partial charge in [0.05, 0.1) is 12.0 Å². The van der Waals surface area contributed by atoms with Gasteiger partial charge in [0.2, 0.25) is 0 Å². The fourth-order valence-electron chi connectivity index (χ4n) is 3.21. The van der Waals surface area contributed by atoms with Gasteiger partial charge in [0.25, 0.3) is 0 Å². The molecule has 0 saturated carbocycles. The molecule has 2 unspecified atom stereocenters. The molecule has 0 bridgehead atoms. The van der Waals surface area contributed by atoms with E-state index in [0.29, 0.717) is 44.9 Å². The predicted molar refractivity (Wildman–Crippen MR) is 78.1 cm³/mol. The summed E-state index contributed by atoms with van der Waals surface area (Å²) >= 11 is 0. The highest BCUT2D eigenvalue weighted by molar-refractivity contribution is 5.77. The van der Waals surface area contributed by atoms with Crippen molar-refractivity contribution in [3.8, 4) is 0 Å². The van der Waals surface area contributed by atoms with Crippen LogP contribution in [0, 0.1) is 11.3 Å². The topological polar surface area (TPSA) is 78.9 Å². The van der Waals surface area contributed by atoms with Crippen molar-refractivity contribution >= 4 is 12.0 Å². The summed E-state index contributed by atoms with van der Waals surface area (Å²) in [5, 5.41) is 12.4. The summed E-state index contributed by atoms with van der Waals surface area (Å²) in [6.07, 6.45) is 2.67. The van der Waals surface area contributed by atoms with Crippen LogP contribution in [0.1, 0.15) is 39.5 Å². The first-order valence-corrected chi connectivity index (χ1v) is 7.85. The molecule has 2 fully saturated rings. The molecule has 0 spiro atoms. The van der Waals surface area contributed by atoms with Crippen LogP contribution >= 0.6 is 0 Å². The normalized spacial score (nSPS) is 26.4. The number of amides is 2. The lowest BCUT2D eigenvalue weighted by atomic mass is 9.76. The minimum atomic E-state index is -0.735. The molecule has 2 aliphatic heterocycles. The highest BCUT2D eigenvalue weighted by Crippen LogP contribution is 2.35. The van der Waals surface area contributed by atoms with Gasteiger partial charge in [-0.25, -0.2) is 4.79 Å². The molecule has 2 amide bonds. The molecule has 0 aromatic rings. The van der Waals surface area contributed by atoms with Gasteiger partial charge in [-0.05, 0) is 32.6 Å². The minimum absolute atomic E-state index is 0.0792. The Morgan fingerprint density at radius 3 is 2.57 bits per heavy atom. The van der Waals surface area contributed by atoms with E-state index in [2.05, 4.69) is 5.32 Å². The number of ether oxygens (including phenoxy) is 1. The first kappa shape index (κ1) is 16.1. The fourth-order valence-corrected chi connectivity index (χ4v) is 3.21. The van der Waals surface area contributed by atoms with E-state index >= 15 is 0 Å². The predicted octanol–water partition coefficient (Wildman–Crippen LogP) is 1.70. The zero-order valence-electron chi connectivity index (χ0n) is 12.9. The molecule has 2 aliphatic rings. The summed E-state index contributed by atoms with van der Waals surface area (Å²) in [7, 11) is 0. The molecule has 2 atom stereocenters. The molecule has 0 aliphatic carbocycles. The van der Waals surface area contributed by atoms with E-state index in [9.17, 15) is 14.7 Å². The SMILES string of the molecule is CCC1(C(=O)O)CCN(C(=O)NC(C)C2CCOC2)CC1. The van der Waals surface area contributed by atoms with E-state index in [4.69, 9.17) is 4.74 Å². The van der Waals surface area contributed by atoms with E-state index < -0.39 is 11.4 Å². The first-order valence-electron chi connectivity index (χ1n) is 7.85. The lowest BCUT2D eigenvalue weighted by Crippen LogP contribution is -2.52. The number of nitrogens with one attached hydrogen (secondary N) is 1. The Balaban J connectivity index is 1.84. The van der Waals surface area contributed by atoms with Crippen LogP contribution in [0.4, 0.5) is 4.79 Å². The highest BCUT2D eigenvalue weighted by atomic mass is 16.5. The van der Waals surface area contributed by atoms with E-state index in [1.54, 1.807) is 4.90 Å². The van der Waals surface area contributed by atoms with Crippen molar-refractivity contribution in [3.05, 3.63) is 0 Å². The summed E-state index contributed by atoms with van der Waals surface area (Å²) in [5.74, 6) is -0.353. The van der Waals surface area contributed by atoms with Crippen molar-refractivity contribution in [2.75, 3.05) is 26.3 Å². The summed E-state index contributed by atoms with van der Waals surface area (Å²) in [4.78, 5) is 25.4. The van der Waals surface area contributed by atoms with Gasteiger partial charge in [0.1, 0.15) is 0 Å². The minimum Gasteiger partial charge on any atom is -0.481 e. The maximum atomic E-state index is 12.3. The number of likely N-dealkylation sites (tertiary alicyclic amines) is 1. The van der Waals surface area contributed by atoms with Crippen molar-refractivity contribution in [1.82, 2.24) is 10.2 Å². The van der Waals surface area contributed by atoms with Gasteiger partial charge >= 0.3 is 12.0 Å². The number of carbonyl (C=O) groups excluding carboxylic acids is 1. The number of carbonyl (C=O) groups is 2. The maximum Gasteiger partial charge on any atom is 0.317 e. The van der Waals surface area contributed by atoms with Crippen LogP contribution in [-0.2, 0) is 9.53 Å². The fraction of sp³-hybridized carbons (Fsp3) is 0.867. The van der Waals surface area contributed by atoms with Crippen molar-refractivity contribution < 1.29 is 19.4 Å². The molecule has 0 aromatic carbocycles. The largest absolute Gasteiger partial charge is 0.481 e. The third-order valence-corrected chi connectivity index (χ3v) is 5.16. The monoisotopic (exact) mass is 298 g/mol. The Morgan fingerprint density at radius 1 is 1.43 bits per heavy atom. The smallest absolute Gasteiger partial charge is 0.317 e. The average Bonchev–Trinajstić information content (AvgIpc) is 3.01. The van der Waals surface area contributed by atoms with Crippen molar-refractivity contribution in [3.63, 3.8) is 0 Å². The molecular formula is C15H26N2O4. The van der Waals surface area contributed by atoms with Gasteiger partial charge in [0, 0.05) is 31.7 Å². The molecule has 120 valence electrons. The molecule has 0 aromatic heterocycles. The number of rotatable bonds is 4. The zero-order chi connectivity index (χ0) is 15.5. The second kappa shape index (κ2) is 6.64. The van der Waals surface area contributed by atoms with Crippen molar-refractivity contribution in [1.29, 1.82) is 0 Å². The van der Waals surface area contributed by atoms with Gasteiger partial charge in [0.15, 0.2) is 0 Å². The quantitative estimate of drug-likeness (QED) is 0.828. The van der Waals surface area contributed by atoms with Gasteiger partial charge < -0.3 is 20.1 Å². The van der Waals surface area contributed by atoms with Crippen LogP contribution in [0.25, 0.3) is 0 Å². The van der Waals surface area contributed by atoms with Gasteiger partial charge in [-0.15, -0.1) is 0 Å². The van der Waals surface area contributed by atoms with Crippen LogP contribution in [0.3, 0.4) is 0 Å². The molecule has 2 heterocycles. The van der Waals surface area contributed by atoms with Gasteiger partial charge in [-0.2, -0.15) is 0 Å². The van der Waals surface area contributed by atoms with Gasteiger partial charge in [-0.1, -0.05) is 6.92 Å². The second-order valence-electron chi connectivity index (χ2n) is 6.29. The van der Waals surface area contributed by atoms with Crippen LogP contribution in [0.15, 0.2) is 0 Å². The average molecular weight is 298 g/mol. The third kappa shape index (κ3) is 3.48. The van der Waals surface area contributed by atoms with E-state index in [-0.39, 0.29) is 12.1 Å². The standard InChI is InChI=1S/C15H26N2O4/c1-3-15(13(18)19)5-7-17(8-6-15)14(20)16-11(2)12-4-9-21-10-12/h11-12H,3-10H2,1-2H3,(H,16,20)(H,18,19). The lowest BCUT2D eigenvalue weighted by molar-refractivity contribution is -0.151. The van der Waals surface area contributed by atoms with E-state index in [0.717, 1.165) is 13.0 Å². The molecule has 6 heteroatoms.